The van der Waals surface area contributed by atoms with Gasteiger partial charge in [-0.2, -0.15) is 0 Å². The minimum absolute atomic E-state index is 0.0260. The molecule has 1 heterocycles. The second-order valence-corrected chi connectivity index (χ2v) is 6.37. The Morgan fingerprint density at radius 3 is 2.48 bits per heavy atom. The Balaban J connectivity index is 1.72. The lowest BCUT2D eigenvalue weighted by atomic mass is 9.84. The normalized spacial score (nSPS) is 15.2. The minimum Gasteiger partial charge on any atom is -0.356 e. The fraction of sp³-hybridized carbons (Fsp3) is 0.474. The number of hydrogen-bond acceptors (Lipinski definition) is 4. The molecule has 1 aromatic heterocycles. The zero-order chi connectivity index (χ0) is 18.4. The molecule has 0 aromatic carbocycles. The molecular formula is C19H25N3O3. The number of Topliss-reactive ketones (excluding diaryl/α,β-unsaturated/α-hetero) is 2. The van der Waals surface area contributed by atoms with Crippen molar-refractivity contribution in [2.45, 2.75) is 53.0 Å². The number of rotatable bonds is 8. The average Bonchev–Trinajstić information content (AvgIpc) is 3.11. The summed E-state index contributed by atoms with van der Waals surface area (Å²) in [5.41, 5.74) is 2.13. The number of aryl methyl sites for hydroxylation is 1. The van der Waals surface area contributed by atoms with Crippen molar-refractivity contribution in [3.8, 4) is 0 Å². The molecule has 1 aliphatic carbocycles. The van der Waals surface area contributed by atoms with Crippen LogP contribution in [0.15, 0.2) is 41.0 Å². The molecule has 0 radical (unpaired) electrons. The highest BCUT2D eigenvalue weighted by Crippen LogP contribution is 2.27. The zero-order valence-electron chi connectivity index (χ0n) is 15.1. The summed E-state index contributed by atoms with van der Waals surface area (Å²) >= 11 is 0. The Kier molecular flexibility index (Phi) is 6.44. The van der Waals surface area contributed by atoms with E-state index >= 15 is 0 Å². The van der Waals surface area contributed by atoms with Gasteiger partial charge in [-0.05, 0) is 40.0 Å². The molecule has 134 valence electrons. The van der Waals surface area contributed by atoms with Crippen molar-refractivity contribution >= 4 is 17.5 Å². The number of aromatic nitrogens is 2. The molecule has 0 saturated carbocycles. The van der Waals surface area contributed by atoms with Crippen LogP contribution in [0, 0.1) is 0 Å². The van der Waals surface area contributed by atoms with Gasteiger partial charge in [-0.3, -0.25) is 14.4 Å². The predicted octanol–water partition coefficient (Wildman–Crippen LogP) is 2.36. The Morgan fingerprint density at radius 2 is 1.80 bits per heavy atom. The number of allylic oxidation sites excluding steroid dienone is 4. The van der Waals surface area contributed by atoms with E-state index in [1.807, 2.05) is 10.8 Å². The van der Waals surface area contributed by atoms with Crippen LogP contribution < -0.4 is 5.32 Å². The first-order chi connectivity index (χ1) is 11.9. The van der Waals surface area contributed by atoms with Gasteiger partial charge in [-0.1, -0.05) is 0 Å². The highest BCUT2D eigenvalue weighted by Gasteiger charge is 2.27. The lowest BCUT2D eigenvalue weighted by molar-refractivity contribution is -0.121. The SMILES string of the molecule is CC1=C(C)C(=O)C(CCCC(=O)NCCCn2ccnc2)=C(C)C1=O. The van der Waals surface area contributed by atoms with Crippen LogP contribution in [0.25, 0.3) is 0 Å². The van der Waals surface area contributed by atoms with Crippen molar-refractivity contribution in [1.29, 1.82) is 0 Å². The smallest absolute Gasteiger partial charge is 0.220 e. The van der Waals surface area contributed by atoms with Crippen LogP contribution in [0.3, 0.4) is 0 Å². The number of amides is 1. The molecule has 1 N–H and O–H groups in total. The molecule has 2 rings (SSSR count). The fourth-order valence-electron chi connectivity index (χ4n) is 2.88. The van der Waals surface area contributed by atoms with Crippen LogP contribution in [-0.4, -0.2) is 33.6 Å². The first-order valence-corrected chi connectivity index (χ1v) is 8.61. The molecule has 6 heteroatoms. The van der Waals surface area contributed by atoms with E-state index < -0.39 is 0 Å². The largest absolute Gasteiger partial charge is 0.356 e. The summed E-state index contributed by atoms with van der Waals surface area (Å²) in [5.74, 6) is -0.145. The summed E-state index contributed by atoms with van der Waals surface area (Å²) in [7, 11) is 0. The van der Waals surface area contributed by atoms with Crippen LogP contribution in [0.4, 0.5) is 0 Å². The topological polar surface area (TPSA) is 81.1 Å². The number of nitrogens with one attached hydrogen (secondary N) is 1. The van der Waals surface area contributed by atoms with Crippen molar-refractivity contribution < 1.29 is 14.4 Å². The Labute approximate surface area is 148 Å². The van der Waals surface area contributed by atoms with Gasteiger partial charge < -0.3 is 9.88 Å². The van der Waals surface area contributed by atoms with E-state index in [1.165, 1.54) is 0 Å². The van der Waals surface area contributed by atoms with Crippen LogP contribution >= 0.6 is 0 Å². The van der Waals surface area contributed by atoms with Crippen molar-refractivity contribution in [3.05, 3.63) is 41.0 Å². The molecular weight excluding hydrogens is 318 g/mol. The van der Waals surface area contributed by atoms with Crippen molar-refractivity contribution in [2.24, 2.45) is 0 Å². The summed E-state index contributed by atoms with van der Waals surface area (Å²) in [5, 5.41) is 2.88. The predicted molar refractivity (Wildman–Crippen MR) is 94.8 cm³/mol. The monoisotopic (exact) mass is 343 g/mol. The lowest BCUT2D eigenvalue weighted by Gasteiger charge is -2.18. The van der Waals surface area contributed by atoms with E-state index in [4.69, 9.17) is 0 Å². The summed E-state index contributed by atoms with van der Waals surface area (Å²) in [6.45, 7) is 6.49. The lowest BCUT2D eigenvalue weighted by Crippen LogP contribution is -2.25. The molecule has 0 fully saturated rings. The molecule has 0 saturated heterocycles. The molecule has 0 bridgehead atoms. The van der Waals surface area contributed by atoms with Gasteiger partial charge in [0.05, 0.1) is 6.33 Å². The molecule has 0 aliphatic heterocycles. The van der Waals surface area contributed by atoms with Gasteiger partial charge in [0, 0.05) is 54.2 Å². The second kappa shape index (κ2) is 8.55. The van der Waals surface area contributed by atoms with Gasteiger partial charge in [-0.25, -0.2) is 4.98 Å². The minimum atomic E-state index is -0.0599. The van der Waals surface area contributed by atoms with Crippen molar-refractivity contribution in [1.82, 2.24) is 14.9 Å². The number of carbonyl (C=O) groups is 3. The van der Waals surface area contributed by atoms with Gasteiger partial charge in [-0.15, -0.1) is 0 Å². The van der Waals surface area contributed by atoms with E-state index in [1.54, 1.807) is 33.3 Å². The quantitative estimate of drug-likeness (QED) is 0.580. The summed E-state index contributed by atoms with van der Waals surface area (Å²) in [6, 6.07) is 0. The Morgan fingerprint density at radius 1 is 1.08 bits per heavy atom. The number of ketones is 2. The first-order valence-electron chi connectivity index (χ1n) is 8.61. The molecule has 0 spiro atoms. The Bertz CT molecular complexity index is 727. The van der Waals surface area contributed by atoms with E-state index in [0.29, 0.717) is 48.1 Å². The van der Waals surface area contributed by atoms with Gasteiger partial charge >= 0.3 is 0 Å². The maximum absolute atomic E-state index is 12.3. The van der Waals surface area contributed by atoms with Gasteiger partial charge in [0.2, 0.25) is 5.91 Å². The molecule has 0 atom stereocenters. The zero-order valence-corrected chi connectivity index (χ0v) is 15.1. The van der Waals surface area contributed by atoms with Gasteiger partial charge in [0.15, 0.2) is 11.6 Å². The average molecular weight is 343 g/mol. The molecule has 6 nitrogen and oxygen atoms in total. The van der Waals surface area contributed by atoms with E-state index in [9.17, 15) is 14.4 Å². The van der Waals surface area contributed by atoms with Crippen LogP contribution in [0.5, 0.6) is 0 Å². The number of nitrogens with zero attached hydrogens (tertiary/aromatic N) is 2. The van der Waals surface area contributed by atoms with Gasteiger partial charge in [0.25, 0.3) is 0 Å². The number of imidazole rings is 1. The van der Waals surface area contributed by atoms with E-state index in [0.717, 1.165) is 13.0 Å². The van der Waals surface area contributed by atoms with Crippen molar-refractivity contribution in [3.63, 3.8) is 0 Å². The summed E-state index contributed by atoms with van der Waals surface area (Å²) < 4.78 is 1.96. The van der Waals surface area contributed by atoms with E-state index in [2.05, 4.69) is 10.3 Å². The highest BCUT2D eigenvalue weighted by molar-refractivity contribution is 6.24. The third kappa shape index (κ3) is 4.75. The summed E-state index contributed by atoms with van der Waals surface area (Å²) in [4.78, 5) is 40.3. The standard InChI is InChI=1S/C19H25N3O3/c1-13-14(2)19(25)16(15(3)18(13)24)6-4-7-17(23)21-8-5-10-22-11-9-20-12-22/h9,11-12H,4-8,10H2,1-3H3,(H,21,23). The number of carbonyl (C=O) groups excluding carboxylic acids is 3. The van der Waals surface area contributed by atoms with Crippen molar-refractivity contribution in [2.75, 3.05) is 6.54 Å². The van der Waals surface area contributed by atoms with Crippen LogP contribution in [0.2, 0.25) is 0 Å². The molecule has 25 heavy (non-hydrogen) atoms. The Hall–Kier alpha value is -2.50. The molecule has 1 aliphatic rings. The van der Waals surface area contributed by atoms with Crippen LogP contribution in [0.1, 0.15) is 46.5 Å². The number of hydrogen-bond donors (Lipinski definition) is 1. The maximum atomic E-state index is 12.3. The molecule has 0 unspecified atom stereocenters. The maximum Gasteiger partial charge on any atom is 0.220 e. The van der Waals surface area contributed by atoms with Crippen LogP contribution in [-0.2, 0) is 20.9 Å². The first kappa shape index (κ1) is 18.8. The second-order valence-electron chi connectivity index (χ2n) is 6.37. The highest BCUT2D eigenvalue weighted by atomic mass is 16.2. The van der Waals surface area contributed by atoms with Gasteiger partial charge in [0.1, 0.15) is 0 Å². The third-order valence-electron chi connectivity index (χ3n) is 4.62. The van der Waals surface area contributed by atoms with E-state index in [-0.39, 0.29) is 17.5 Å². The molecule has 1 amide bonds. The molecule has 1 aromatic rings. The fourth-order valence-corrected chi connectivity index (χ4v) is 2.88. The third-order valence-corrected chi connectivity index (χ3v) is 4.62. The summed E-state index contributed by atoms with van der Waals surface area (Å²) in [6.07, 6.45) is 7.57.